The van der Waals surface area contributed by atoms with Crippen LogP contribution in [0.25, 0.3) is 0 Å². The molecule has 0 spiro atoms. The van der Waals surface area contributed by atoms with E-state index in [0.29, 0.717) is 24.7 Å². The number of hydrogen-bond donors (Lipinski definition) is 0. The molecule has 0 bridgehead atoms. The fraction of sp³-hybridized carbons (Fsp3) is 0.400. The van der Waals surface area contributed by atoms with Crippen molar-refractivity contribution in [2.24, 2.45) is 0 Å². The minimum Gasteiger partial charge on any atom is -0.490 e. The summed E-state index contributed by atoms with van der Waals surface area (Å²) in [7, 11) is 0. The predicted molar refractivity (Wildman–Crippen MR) is 93.8 cm³/mol. The first-order valence-electron chi connectivity index (χ1n) is 8.46. The summed E-state index contributed by atoms with van der Waals surface area (Å²) >= 11 is 0. The predicted octanol–water partition coefficient (Wildman–Crippen LogP) is 5.84. The van der Waals surface area contributed by atoms with Crippen LogP contribution >= 0.6 is 0 Å². The highest BCUT2D eigenvalue weighted by atomic mass is 16.5. The molecule has 2 rings (SSSR count). The zero-order valence-corrected chi connectivity index (χ0v) is 14.1. The number of para-hydroxylation sites is 2. The van der Waals surface area contributed by atoms with Crippen LogP contribution in [0.2, 0.25) is 0 Å². The van der Waals surface area contributed by atoms with Gasteiger partial charge in [0.05, 0.1) is 13.2 Å². The number of unbranched alkanes of at least 4 members (excludes halogenated alkanes) is 2. The summed E-state index contributed by atoms with van der Waals surface area (Å²) in [5, 5.41) is 0. The Morgan fingerprint density at radius 2 is 1.35 bits per heavy atom. The van der Waals surface area contributed by atoms with E-state index in [1.165, 1.54) is 0 Å². The van der Waals surface area contributed by atoms with Gasteiger partial charge in [-0.2, -0.15) is 0 Å². The van der Waals surface area contributed by atoms with Crippen molar-refractivity contribution in [3.63, 3.8) is 0 Å². The van der Waals surface area contributed by atoms with E-state index in [9.17, 15) is 0 Å². The molecule has 2 aromatic rings. The lowest BCUT2D eigenvalue weighted by Gasteiger charge is -2.16. The first kappa shape index (κ1) is 17.2. The monoisotopic (exact) mass is 314 g/mol. The highest BCUT2D eigenvalue weighted by Gasteiger charge is 2.13. The van der Waals surface area contributed by atoms with Crippen molar-refractivity contribution in [1.82, 2.24) is 0 Å². The van der Waals surface area contributed by atoms with Crippen LogP contribution in [0.4, 0.5) is 0 Å². The first-order chi connectivity index (χ1) is 11.3. The van der Waals surface area contributed by atoms with Crippen molar-refractivity contribution in [2.75, 3.05) is 13.2 Å². The molecule has 0 amide bonds. The Labute approximate surface area is 139 Å². The molecule has 0 aliphatic heterocycles. The van der Waals surface area contributed by atoms with Crippen molar-refractivity contribution in [3.05, 3.63) is 48.5 Å². The van der Waals surface area contributed by atoms with Crippen LogP contribution in [0, 0.1) is 0 Å². The molecule has 0 N–H and O–H groups in total. The van der Waals surface area contributed by atoms with Gasteiger partial charge in [0, 0.05) is 0 Å². The molecule has 0 aromatic heterocycles. The molecule has 0 radical (unpaired) electrons. The minimum atomic E-state index is 0.663. The Kier molecular flexibility index (Phi) is 7.31. The van der Waals surface area contributed by atoms with Crippen LogP contribution in [0.5, 0.6) is 23.0 Å². The quantitative estimate of drug-likeness (QED) is 0.516. The van der Waals surface area contributed by atoms with Crippen LogP contribution in [0.3, 0.4) is 0 Å². The molecular weight excluding hydrogens is 288 g/mol. The maximum atomic E-state index is 5.98. The highest BCUT2D eigenvalue weighted by molar-refractivity contribution is 5.52. The largest absolute Gasteiger partial charge is 0.490 e. The summed E-state index contributed by atoms with van der Waals surface area (Å²) < 4.78 is 17.8. The summed E-state index contributed by atoms with van der Waals surface area (Å²) in [5.74, 6) is 2.93. The highest BCUT2D eigenvalue weighted by Crippen LogP contribution is 2.39. The van der Waals surface area contributed by atoms with E-state index >= 15 is 0 Å². The SMILES string of the molecule is CCCCOc1cccc(Oc2ccccc2)c1OCCCC. The fourth-order valence-corrected chi connectivity index (χ4v) is 2.09. The molecule has 23 heavy (non-hydrogen) atoms. The van der Waals surface area contributed by atoms with Crippen molar-refractivity contribution in [3.8, 4) is 23.0 Å². The standard InChI is InChI=1S/C20H26O3/c1-3-5-15-21-18-13-10-14-19(20(18)22-16-6-4-2)23-17-11-8-7-9-12-17/h7-14H,3-6,15-16H2,1-2H3. The van der Waals surface area contributed by atoms with Gasteiger partial charge in [-0.15, -0.1) is 0 Å². The molecule has 0 aliphatic rings. The maximum absolute atomic E-state index is 5.98. The topological polar surface area (TPSA) is 27.7 Å². The zero-order valence-electron chi connectivity index (χ0n) is 14.1. The van der Waals surface area contributed by atoms with Gasteiger partial charge in [0.25, 0.3) is 0 Å². The molecule has 0 aliphatic carbocycles. The van der Waals surface area contributed by atoms with Crippen molar-refractivity contribution >= 4 is 0 Å². The molecular formula is C20H26O3. The second-order valence-electron chi connectivity index (χ2n) is 5.40. The van der Waals surface area contributed by atoms with E-state index in [1.807, 2.05) is 48.5 Å². The molecule has 0 atom stereocenters. The summed E-state index contributed by atoms with van der Waals surface area (Å²) in [6, 6.07) is 15.5. The number of hydrogen-bond acceptors (Lipinski definition) is 3. The summed E-state index contributed by atoms with van der Waals surface area (Å²) in [6.45, 7) is 5.65. The lowest BCUT2D eigenvalue weighted by Crippen LogP contribution is -2.03. The Balaban J connectivity index is 2.18. The average Bonchev–Trinajstić information content (AvgIpc) is 2.58. The fourth-order valence-electron chi connectivity index (χ4n) is 2.09. The molecule has 2 aromatic carbocycles. The maximum Gasteiger partial charge on any atom is 0.204 e. The molecule has 0 saturated heterocycles. The third kappa shape index (κ3) is 5.51. The van der Waals surface area contributed by atoms with Crippen LogP contribution in [0.1, 0.15) is 39.5 Å². The number of rotatable bonds is 10. The minimum absolute atomic E-state index is 0.663. The average molecular weight is 314 g/mol. The van der Waals surface area contributed by atoms with E-state index in [1.54, 1.807) is 0 Å². The van der Waals surface area contributed by atoms with Crippen molar-refractivity contribution in [1.29, 1.82) is 0 Å². The second kappa shape index (κ2) is 9.78. The Hall–Kier alpha value is -2.16. The van der Waals surface area contributed by atoms with Gasteiger partial charge in [-0.3, -0.25) is 0 Å². The molecule has 3 heteroatoms. The van der Waals surface area contributed by atoms with Crippen LogP contribution in [0.15, 0.2) is 48.5 Å². The third-order valence-corrected chi connectivity index (χ3v) is 3.41. The molecule has 0 saturated carbocycles. The van der Waals surface area contributed by atoms with E-state index < -0.39 is 0 Å². The third-order valence-electron chi connectivity index (χ3n) is 3.41. The Bertz CT molecular complexity index is 566. The second-order valence-corrected chi connectivity index (χ2v) is 5.40. The number of benzene rings is 2. The molecule has 124 valence electrons. The lowest BCUT2D eigenvalue weighted by molar-refractivity contribution is 0.253. The molecule has 0 unspecified atom stereocenters. The van der Waals surface area contributed by atoms with Crippen molar-refractivity contribution in [2.45, 2.75) is 39.5 Å². The molecule has 3 nitrogen and oxygen atoms in total. The van der Waals surface area contributed by atoms with Gasteiger partial charge in [0.15, 0.2) is 11.5 Å². The zero-order chi connectivity index (χ0) is 16.3. The van der Waals surface area contributed by atoms with Gasteiger partial charge in [0.2, 0.25) is 5.75 Å². The van der Waals surface area contributed by atoms with E-state index in [-0.39, 0.29) is 0 Å². The van der Waals surface area contributed by atoms with E-state index in [0.717, 1.165) is 37.2 Å². The van der Waals surface area contributed by atoms with Gasteiger partial charge < -0.3 is 14.2 Å². The lowest BCUT2D eigenvalue weighted by atomic mass is 10.2. The van der Waals surface area contributed by atoms with Crippen LogP contribution in [-0.2, 0) is 0 Å². The molecule has 0 heterocycles. The van der Waals surface area contributed by atoms with E-state index in [4.69, 9.17) is 14.2 Å². The van der Waals surface area contributed by atoms with Crippen molar-refractivity contribution < 1.29 is 14.2 Å². The smallest absolute Gasteiger partial charge is 0.204 e. The Morgan fingerprint density at radius 1 is 0.696 bits per heavy atom. The van der Waals surface area contributed by atoms with E-state index in [2.05, 4.69) is 13.8 Å². The van der Waals surface area contributed by atoms with Gasteiger partial charge >= 0.3 is 0 Å². The van der Waals surface area contributed by atoms with Gasteiger partial charge in [-0.05, 0) is 37.1 Å². The van der Waals surface area contributed by atoms with Gasteiger partial charge in [-0.25, -0.2) is 0 Å². The van der Waals surface area contributed by atoms with Gasteiger partial charge in [0.1, 0.15) is 5.75 Å². The van der Waals surface area contributed by atoms with Crippen LogP contribution in [-0.4, -0.2) is 13.2 Å². The number of ether oxygens (including phenoxy) is 3. The normalized spacial score (nSPS) is 10.3. The summed E-state index contributed by atoms with van der Waals surface area (Å²) in [5.41, 5.74) is 0. The molecule has 0 fully saturated rings. The van der Waals surface area contributed by atoms with Crippen LogP contribution < -0.4 is 14.2 Å². The van der Waals surface area contributed by atoms with Gasteiger partial charge in [-0.1, -0.05) is 51.0 Å². The summed E-state index contributed by atoms with van der Waals surface area (Å²) in [6.07, 6.45) is 4.23. The first-order valence-corrected chi connectivity index (χ1v) is 8.46. The Morgan fingerprint density at radius 3 is 2.04 bits per heavy atom. The summed E-state index contributed by atoms with van der Waals surface area (Å²) in [4.78, 5) is 0.